The molecule has 0 saturated carbocycles. The Kier molecular flexibility index (Phi) is 4.18. The topological polar surface area (TPSA) is 36.3 Å². The molecule has 2 atom stereocenters. The zero-order chi connectivity index (χ0) is 16.3. The molecular formula is C20H20N2O. The Morgan fingerprint density at radius 2 is 1.74 bits per heavy atom. The highest BCUT2D eigenvalue weighted by molar-refractivity contribution is 5.58. The summed E-state index contributed by atoms with van der Waals surface area (Å²) in [5, 5.41) is 9.27. The Balaban J connectivity index is 2.15. The van der Waals surface area contributed by atoms with Crippen LogP contribution in [0.25, 0.3) is 0 Å². The molecule has 3 nitrogen and oxygen atoms in total. The van der Waals surface area contributed by atoms with Gasteiger partial charge in [0.1, 0.15) is 5.60 Å². The molecule has 0 amide bonds. The summed E-state index contributed by atoms with van der Waals surface area (Å²) in [7, 11) is 0. The number of anilines is 1. The summed E-state index contributed by atoms with van der Waals surface area (Å²) in [6.45, 7) is 4.14. The van der Waals surface area contributed by atoms with Crippen LogP contribution < -0.4 is 4.90 Å². The molecule has 0 aromatic heterocycles. The third-order valence-corrected chi connectivity index (χ3v) is 4.40. The third kappa shape index (κ3) is 2.74. The van der Waals surface area contributed by atoms with Crippen molar-refractivity contribution in [2.75, 3.05) is 4.90 Å². The van der Waals surface area contributed by atoms with Crippen molar-refractivity contribution in [3.05, 3.63) is 78.0 Å². The van der Waals surface area contributed by atoms with Gasteiger partial charge >= 0.3 is 0 Å². The van der Waals surface area contributed by atoms with Gasteiger partial charge in [0, 0.05) is 17.3 Å². The smallest absolute Gasteiger partial charge is 0.161 e. The standard InChI is InChI=1S/C20H20N2O/c1-3-20(2)18(14-15-21)22(17-12-8-5-9-13-17)19(23-20)16-10-6-4-7-11-16/h4-14,19H,3H2,1-2H3. The van der Waals surface area contributed by atoms with Crippen LogP contribution in [0.3, 0.4) is 0 Å². The van der Waals surface area contributed by atoms with Crippen molar-refractivity contribution >= 4 is 5.69 Å². The summed E-state index contributed by atoms with van der Waals surface area (Å²) in [5.74, 6) is 0. The van der Waals surface area contributed by atoms with Crippen LogP contribution in [0.4, 0.5) is 5.69 Å². The molecule has 3 heteroatoms. The van der Waals surface area contributed by atoms with E-state index in [2.05, 4.69) is 36.9 Å². The Bertz CT molecular complexity index is 733. The van der Waals surface area contributed by atoms with E-state index in [9.17, 15) is 5.26 Å². The minimum absolute atomic E-state index is 0.233. The maximum Gasteiger partial charge on any atom is 0.161 e. The number of nitrogens with zero attached hydrogens (tertiary/aromatic N) is 2. The molecule has 3 rings (SSSR count). The van der Waals surface area contributed by atoms with Crippen LogP contribution in [0.15, 0.2) is 72.4 Å². The Hall–Kier alpha value is -2.57. The van der Waals surface area contributed by atoms with Crippen molar-refractivity contribution < 1.29 is 4.74 Å². The van der Waals surface area contributed by atoms with Crippen molar-refractivity contribution in [2.24, 2.45) is 0 Å². The molecule has 1 aliphatic rings. The molecule has 1 saturated heterocycles. The second-order valence-electron chi connectivity index (χ2n) is 5.83. The van der Waals surface area contributed by atoms with E-state index in [1.807, 2.05) is 48.5 Å². The summed E-state index contributed by atoms with van der Waals surface area (Å²) >= 11 is 0. The van der Waals surface area contributed by atoms with Crippen LogP contribution in [0, 0.1) is 11.3 Å². The first-order chi connectivity index (χ1) is 11.2. The second kappa shape index (κ2) is 6.28. The Labute approximate surface area is 137 Å². The van der Waals surface area contributed by atoms with Crippen LogP contribution in [0.1, 0.15) is 32.1 Å². The Morgan fingerprint density at radius 1 is 1.13 bits per heavy atom. The number of benzene rings is 2. The number of allylic oxidation sites excluding steroid dienone is 1. The maximum absolute atomic E-state index is 9.27. The van der Waals surface area contributed by atoms with Crippen molar-refractivity contribution in [3.63, 3.8) is 0 Å². The van der Waals surface area contributed by atoms with E-state index in [0.717, 1.165) is 23.4 Å². The minimum atomic E-state index is -0.480. The molecule has 116 valence electrons. The zero-order valence-electron chi connectivity index (χ0n) is 13.4. The van der Waals surface area contributed by atoms with Gasteiger partial charge in [0.15, 0.2) is 6.23 Å². The molecule has 0 radical (unpaired) electrons. The van der Waals surface area contributed by atoms with E-state index < -0.39 is 5.60 Å². The highest BCUT2D eigenvalue weighted by atomic mass is 16.5. The van der Waals surface area contributed by atoms with Crippen LogP contribution >= 0.6 is 0 Å². The molecule has 0 aliphatic carbocycles. The van der Waals surface area contributed by atoms with Gasteiger partial charge in [0.25, 0.3) is 0 Å². The predicted molar refractivity (Wildman–Crippen MR) is 91.6 cm³/mol. The molecule has 0 N–H and O–H groups in total. The monoisotopic (exact) mass is 304 g/mol. The van der Waals surface area contributed by atoms with E-state index in [4.69, 9.17) is 4.74 Å². The lowest BCUT2D eigenvalue weighted by molar-refractivity contribution is -0.0184. The van der Waals surface area contributed by atoms with E-state index in [0.29, 0.717) is 0 Å². The normalized spacial score (nSPS) is 25.5. The van der Waals surface area contributed by atoms with Gasteiger partial charge in [-0.05, 0) is 25.5 Å². The summed E-state index contributed by atoms with van der Waals surface area (Å²) in [6, 6.07) is 22.4. The number of ether oxygens (including phenoxy) is 1. The first-order valence-corrected chi connectivity index (χ1v) is 7.87. The molecule has 2 unspecified atom stereocenters. The third-order valence-electron chi connectivity index (χ3n) is 4.40. The molecule has 2 aromatic carbocycles. The average Bonchev–Trinajstić information content (AvgIpc) is 2.91. The lowest BCUT2D eigenvalue weighted by Gasteiger charge is -2.26. The number of hydrogen-bond acceptors (Lipinski definition) is 3. The van der Waals surface area contributed by atoms with Crippen molar-refractivity contribution in [1.29, 1.82) is 5.26 Å². The van der Waals surface area contributed by atoms with E-state index in [1.165, 1.54) is 0 Å². The largest absolute Gasteiger partial charge is 0.341 e. The van der Waals surface area contributed by atoms with Gasteiger partial charge in [-0.2, -0.15) is 5.26 Å². The lowest BCUT2D eigenvalue weighted by atomic mass is 9.98. The molecule has 2 aromatic rings. The SMILES string of the molecule is CCC1(C)OC(c2ccccc2)N(c2ccccc2)C1=CC#N. The second-order valence-corrected chi connectivity index (χ2v) is 5.83. The fraction of sp³-hybridized carbons (Fsp3) is 0.250. The molecule has 1 aliphatic heterocycles. The fourth-order valence-corrected chi connectivity index (χ4v) is 2.99. The summed E-state index contributed by atoms with van der Waals surface area (Å²) in [5.41, 5.74) is 2.53. The molecule has 0 bridgehead atoms. The van der Waals surface area contributed by atoms with Crippen molar-refractivity contribution in [1.82, 2.24) is 0 Å². The summed E-state index contributed by atoms with van der Waals surface area (Å²) < 4.78 is 6.42. The van der Waals surface area contributed by atoms with E-state index in [-0.39, 0.29) is 6.23 Å². The minimum Gasteiger partial charge on any atom is -0.341 e. The highest BCUT2D eigenvalue weighted by Crippen LogP contribution is 2.47. The number of hydrogen-bond donors (Lipinski definition) is 0. The van der Waals surface area contributed by atoms with Crippen molar-refractivity contribution in [2.45, 2.75) is 32.1 Å². The molecule has 1 fully saturated rings. The van der Waals surface area contributed by atoms with Gasteiger partial charge in [-0.15, -0.1) is 0 Å². The van der Waals surface area contributed by atoms with E-state index >= 15 is 0 Å². The van der Waals surface area contributed by atoms with Crippen LogP contribution in [-0.2, 0) is 4.74 Å². The van der Waals surface area contributed by atoms with Gasteiger partial charge in [-0.1, -0.05) is 55.5 Å². The van der Waals surface area contributed by atoms with Crippen LogP contribution in [0.2, 0.25) is 0 Å². The predicted octanol–water partition coefficient (Wildman–Crippen LogP) is 4.80. The molecule has 1 heterocycles. The van der Waals surface area contributed by atoms with Gasteiger partial charge in [0.2, 0.25) is 0 Å². The average molecular weight is 304 g/mol. The number of para-hydroxylation sites is 1. The van der Waals surface area contributed by atoms with E-state index in [1.54, 1.807) is 6.08 Å². The summed E-state index contributed by atoms with van der Waals surface area (Å²) in [6.07, 6.45) is 2.18. The van der Waals surface area contributed by atoms with Crippen LogP contribution in [0.5, 0.6) is 0 Å². The van der Waals surface area contributed by atoms with Gasteiger partial charge in [0.05, 0.1) is 11.8 Å². The van der Waals surface area contributed by atoms with Crippen LogP contribution in [-0.4, -0.2) is 5.60 Å². The number of nitriles is 1. The summed E-state index contributed by atoms with van der Waals surface area (Å²) in [4.78, 5) is 2.13. The first kappa shape index (κ1) is 15.3. The molecule has 23 heavy (non-hydrogen) atoms. The van der Waals surface area contributed by atoms with Gasteiger partial charge < -0.3 is 9.64 Å². The lowest BCUT2D eigenvalue weighted by Crippen LogP contribution is -2.28. The first-order valence-electron chi connectivity index (χ1n) is 7.87. The highest BCUT2D eigenvalue weighted by Gasteiger charge is 2.46. The van der Waals surface area contributed by atoms with Gasteiger partial charge in [-0.3, -0.25) is 0 Å². The fourth-order valence-electron chi connectivity index (χ4n) is 2.99. The quantitative estimate of drug-likeness (QED) is 0.764. The molecule has 0 spiro atoms. The maximum atomic E-state index is 9.27. The van der Waals surface area contributed by atoms with Gasteiger partial charge in [-0.25, -0.2) is 0 Å². The molecular weight excluding hydrogens is 284 g/mol. The number of rotatable bonds is 3. The Morgan fingerprint density at radius 3 is 2.30 bits per heavy atom. The van der Waals surface area contributed by atoms with Crippen molar-refractivity contribution in [3.8, 4) is 6.07 Å². The zero-order valence-corrected chi connectivity index (χ0v) is 13.4.